The average Bonchev–Trinajstić information content (AvgIpc) is 2.56. The number of amides is 3. The third-order valence-electron chi connectivity index (χ3n) is 4.15. The highest BCUT2D eigenvalue weighted by Gasteiger charge is 2.23. The molecule has 0 aromatic heterocycles. The zero-order chi connectivity index (χ0) is 17.7. The molecule has 2 rings (SSSR count). The topological polar surface area (TPSA) is 60.9 Å². The lowest BCUT2D eigenvalue weighted by Crippen LogP contribution is -2.50. The summed E-state index contributed by atoms with van der Waals surface area (Å²) in [6.45, 7) is 5.55. The maximum atomic E-state index is 12.4. The van der Waals surface area contributed by atoms with Crippen molar-refractivity contribution in [2.24, 2.45) is 0 Å². The number of anilines is 1. The highest BCUT2D eigenvalue weighted by Crippen LogP contribution is 2.18. The first-order valence-electron chi connectivity index (χ1n) is 7.95. The van der Waals surface area contributed by atoms with E-state index in [1.54, 1.807) is 39.0 Å². The van der Waals surface area contributed by atoms with E-state index in [2.05, 4.69) is 0 Å². The van der Waals surface area contributed by atoms with E-state index in [4.69, 9.17) is 11.6 Å². The normalized spacial score (nSPS) is 14.5. The van der Waals surface area contributed by atoms with Gasteiger partial charge in [-0.2, -0.15) is 0 Å². The van der Waals surface area contributed by atoms with Crippen molar-refractivity contribution in [2.45, 2.75) is 20.3 Å². The van der Waals surface area contributed by atoms with Gasteiger partial charge in [0.05, 0.1) is 0 Å². The molecule has 6 nitrogen and oxygen atoms in total. The third-order valence-corrected chi connectivity index (χ3v) is 4.40. The summed E-state index contributed by atoms with van der Waals surface area (Å²) in [6, 6.07) is 6.96. The van der Waals surface area contributed by atoms with Crippen LogP contribution in [0.1, 0.15) is 20.3 Å². The Morgan fingerprint density at radius 2 is 1.54 bits per heavy atom. The number of hydrogen-bond acceptors (Lipinski definition) is 3. The second kappa shape index (κ2) is 8.15. The molecule has 0 unspecified atom stereocenters. The van der Waals surface area contributed by atoms with Crippen LogP contribution >= 0.6 is 11.6 Å². The number of piperazine rings is 1. The van der Waals surface area contributed by atoms with Crippen LogP contribution in [0.5, 0.6) is 0 Å². The Hall–Kier alpha value is -2.08. The summed E-state index contributed by atoms with van der Waals surface area (Å²) < 4.78 is 0. The van der Waals surface area contributed by atoms with Gasteiger partial charge in [-0.05, 0) is 24.3 Å². The number of halogens is 1. The molecule has 0 saturated carbocycles. The molecule has 24 heavy (non-hydrogen) atoms. The molecule has 1 aromatic carbocycles. The summed E-state index contributed by atoms with van der Waals surface area (Å²) in [5.41, 5.74) is 0.723. The van der Waals surface area contributed by atoms with Crippen LogP contribution < -0.4 is 4.90 Å². The lowest BCUT2D eigenvalue weighted by Gasteiger charge is -2.34. The quantitative estimate of drug-likeness (QED) is 0.830. The van der Waals surface area contributed by atoms with Crippen LogP contribution in [0.4, 0.5) is 5.69 Å². The van der Waals surface area contributed by atoms with Crippen LogP contribution in [0.2, 0.25) is 5.02 Å². The number of carbonyl (C=O) groups excluding carboxylic acids is 3. The van der Waals surface area contributed by atoms with Crippen LogP contribution in [-0.2, 0) is 14.4 Å². The van der Waals surface area contributed by atoms with E-state index in [9.17, 15) is 14.4 Å². The molecule has 0 atom stereocenters. The lowest BCUT2D eigenvalue weighted by molar-refractivity contribution is -0.138. The maximum absolute atomic E-state index is 12.4. The van der Waals surface area contributed by atoms with Gasteiger partial charge in [0.2, 0.25) is 17.7 Å². The van der Waals surface area contributed by atoms with Crippen LogP contribution in [-0.4, -0.2) is 60.2 Å². The van der Waals surface area contributed by atoms with Crippen LogP contribution in [0.25, 0.3) is 0 Å². The van der Waals surface area contributed by atoms with E-state index in [-0.39, 0.29) is 24.1 Å². The molecule has 0 spiro atoms. The highest BCUT2D eigenvalue weighted by atomic mass is 35.5. The Labute approximate surface area is 147 Å². The summed E-state index contributed by atoms with van der Waals surface area (Å²) >= 11 is 5.87. The number of hydrogen-bond donors (Lipinski definition) is 0. The molecule has 7 heteroatoms. The van der Waals surface area contributed by atoms with Crippen molar-refractivity contribution in [3.8, 4) is 0 Å². The van der Waals surface area contributed by atoms with E-state index in [1.807, 2.05) is 0 Å². The Morgan fingerprint density at radius 3 is 2.04 bits per heavy atom. The molecule has 1 aliphatic rings. The molecule has 0 N–H and O–H groups in total. The fourth-order valence-corrected chi connectivity index (χ4v) is 2.85. The third kappa shape index (κ3) is 4.71. The molecule has 1 heterocycles. The molecule has 0 radical (unpaired) electrons. The molecule has 1 fully saturated rings. The van der Waals surface area contributed by atoms with Crippen LogP contribution in [0.15, 0.2) is 24.3 Å². The summed E-state index contributed by atoms with van der Waals surface area (Å²) in [7, 11) is 0. The largest absolute Gasteiger partial charge is 0.339 e. The maximum Gasteiger partial charge on any atom is 0.224 e. The second-order valence-electron chi connectivity index (χ2n) is 5.78. The van der Waals surface area contributed by atoms with Crippen molar-refractivity contribution < 1.29 is 14.4 Å². The molecular weight excluding hydrogens is 330 g/mol. The molecule has 3 amide bonds. The Balaban J connectivity index is 1.90. The zero-order valence-corrected chi connectivity index (χ0v) is 14.8. The first-order chi connectivity index (χ1) is 11.4. The van der Waals surface area contributed by atoms with E-state index in [1.165, 1.54) is 13.8 Å². The Bertz CT molecular complexity index is 610. The van der Waals surface area contributed by atoms with Gasteiger partial charge in [0, 0.05) is 63.7 Å². The van der Waals surface area contributed by atoms with Gasteiger partial charge in [0.1, 0.15) is 0 Å². The van der Waals surface area contributed by atoms with Crippen molar-refractivity contribution in [1.29, 1.82) is 0 Å². The molecule has 0 aliphatic carbocycles. The first-order valence-corrected chi connectivity index (χ1v) is 8.33. The molecule has 130 valence electrons. The van der Waals surface area contributed by atoms with E-state index in [0.29, 0.717) is 37.7 Å². The van der Waals surface area contributed by atoms with Gasteiger partial charge in [-0.3, -0.25) is 14.4 Å². The van der Waals surface area contributed by atoms with E-state index in [0.717, 1.165) is 5.69 Å². The Morgan fingerprint density at radius 1 is 1.00 bits per heavy atom. The minimum absolute atomic E-state index is 0.00147. The highest BCUT2D eigenvalue weighted by molar-refractivity contribution is 6.30. The average molecular weight is 352 g/mol. The van der Waals surface area contributed by atoms with Crippen molar-refractivity contribution >= 4 is 35.0 Å². The number of nitrogens with zero attached hydrogens (tertiary/aromatic N) is 3. The molecule has 1 aromatic rings. The predicted molar refractivity (Wildman–Crippen MR) is 92.9 cm³/mol. The smallest absolute Gasteiger partial charge is 0.224 e. The van der Waals surface area contributed by atoms with Gasteiger partial charge in [-0.25, -0.2) is 0 Å². The van der Waals surface area contributed by atoms with Gasteiger partial charge in [0.15, 0.2) is 0 Å². The molecule has 0 bridgehead atoms. The van der Waals surface area contributed by atoms with E-state index >= 15 is 0 Å². The van der Waals surface area contributed by atoms with Crippen molar-refractivity contribution in [3.05, 3.63) is 29.3 Å². The van der Waals surface area contributed by atoms with Crippen LogP contribution in [0.3, 0.4) is 0 Å². The minimum Gasteiger partial charge on any atom is -0.339 e. The monoisotopic (exact) mass is 351 g/mol. The predicted octanol–water partition coefficient (Wildman–Crippen LogP) is 1.77. The Kier molecular flexibility index (Phi) is 6.20. The van der Waals surface area contributed by atoms with E-state index < -0.39 is 0 Å². The molecular formula is C17H22ClN3O3. The lowest BCUT2D eigenvalue weighted by atomic mass is 10.2. The van der Waals surface area contributed by atoms with Crippen molar-refractivity contribution in [1.82, 2.24) is 9.80 Å². The molecule has 1 aliphatic heterocycles. The second-order valence-corrected chi connectivity index (χ2v) is 6.22. The van der Waals surface area contributed by atoms with Gasteiger partial charge in [-0.15, -0.1) is 0 Å². The van der Waals surface area contributed by atoms with Crippen molar-refractivity contribution in [2.75, 3.05) is 37.6 Å². The van der Waals surface area contributed by atoms with Gasteiger partial charge in [-0.1, -0.05) is 11.6 Å². The fraction of sp³-hybridized carbons (Fsp3) is 0.471. The summed E-state index contributed by atoms with van der Waals surface area (Å²) in [5.74, 6) is -0.0856. The number of carbonyl (C=O) groups is 3. The molecule has 1 saturated heterocycles. The zero-order valence-electron chi connectivity index (χ0n) is 14.0. The summed E-state index contributed by atoms with van der Waals surface area (Å²) in [5, 5.41) is 0.599. The first kappa shape index (κ1) is 18.3. The standard InChI is InChI=1S/C17H22ClN3O3/c1-13(22)19-9-11-20(12-10-19)17(24)7-8-21(14(2)23)16-5-3-15(18)4-6-16/h3-6H,7-12H2,1-2H3. The van der Waals surface area contributed by atoms with Gasteiger partial charge in [0.25, 0.3) is 0 Å². The van der Waals surface area contributed by atoms with Crippen molar-refractivity contribution in [3.63, 3.8) is 0 Å². The minimum atomic E-state index is -0.119. The summed E-state index contributed by atoms with van der Waals surface area (Å²) in [6.07, 6.45) is 0.252. The number of rotatable bonds is 4. The fourth-order valence-electron chi connectivity index (χ4n) is 2.73. The van der Waals surface area contributed by atoms with Gasteiger partial charge < -0.3 is 14.7 Å². The SMILES string of the molecule is CC(=O)N1CCN(C(=O)CCN(C(C)=O)c2ccc(Cl)cc2)CC1. The number of benzene rings is 1. The van der Waals surface area contributed by atoms with Gasteiger partial charge >= 0.3 is 0 Å². The summed E-state index contributed by atoms with van der Waals surface area (Å²) in [4.78, 5) is 40.6. The van der Waals surface area contributed by atoms with Crippen LogP contribution in [0, 0.1) is 0 Å².